The van der Waals surface area contributed by atoms with E-state index in [1.165, 1.54) is 44.9 Å². The Bertz CT molecular complexity index is 1900. The van der Waals surface area contributed by atoms with Crippen LogP contribution in [0.1, 0.15) is 142 Å². The van der Waals surface area contributed by atoms with Crippen LogP contribution in [0.25, 0.3) is 0 Å². The molecule has 0 aromatic heterocycles. The number of hydrogen-bond acceptors (Lipinski definition) is 18. The van der Waals surface area contributed by atoms with Crippen LogP contribution >= 0.6 is 0 Å². The minimum Gasteiger partial charge on any atom is -0.394 e. The van der Waals surface area contributed by atoms with Gasteiger partial charge in [0, 0.05) is 6.42 Å². The van der Waals surface area contributed by atoms with Crippen LogP contribution in [-0.4, -0.2) is 193 Å². The van der Waals surface area contributed by atoms with Crippen LogP contribution in [0.5, 0.6) is 0 Å². The first-order valence-electron chi connectivity index (χ1n) is 29.6. The van der Waals surface area contributed by atoms with Gasteiger partial charge in [-0.25, -0.2) is 0 Å². The molecule has 3 saturated heterocycles. The lowest BCUT2D eigenvalue weighted by molar-refractivity contribution is -0.379. The molecule has 17 unspecified atom stereocenters. The quantitative estimate of drug-likeness (QED) is 0.0278. The van der Waals surface area contributed by atoms with Crippen molar-refractivity contribution in [2.75, 3.05) is 26.4 Å². The first kappa shape index (κ1) is 71.7. The van der Waals surface area contributed by atoms with Gasteiger partial charge in [-0.3, -0.25) is 4.79 Å². The van der Waals surface area contributed by atoms with Gasteiger partial charge in [0.1, 0.15) is 73.2 Å². The number of unbranched alkanes of at least 4 members (excludes halogenated alkanes) is 9. The summed E-state index contributed by atoms with van der Waals surface area (Å²) in [7, 11) is 0. The zero-order valence-corrected chi connectivity index (χ0v) is 48.0. The Hall–Kier alpha value is -3.55. The van der Waals surface area contributed by atoms with Crippen molar-refractivity contribution >= 4 is 5.91 Å². The van der Waals surface area contributed by atoms with Gasteiger partial charge in [-0.2, -0.15) is 0 Å². The number of hydrogen-bond donors (Lipinski definition) is 12. The summed E-state index contributed by atoms with van der Waals surface area (Å²) in [6.07, 6.45) is 29.4. The molecule has 3 fully saturated rings. The number of carbonyl (C=O) groups excluding carboxylic acids is 1. The predicted octanol–water partition coefficient (Wildman–Crippen LogP) is 5.14. The molecule has 0 saturated carbocycles. The molecule has 3 aliphatic heterocycles. The van der Waals surface area contributed by atoms with Crippen molar-refractivity contribution in [3.05, 3.63) is 109 Å². The van der Waals surface area contributed by atoms with Gasteiger partial charge < -0.3 is 89.9 Å². The zero-order chi connectivity index (χ0) is 59.0. The van der Waals surface area contributed by atoms with Crippen LogP contribution in [0.15, 0.2) is 109 Å². The lowest BCUT2D eigenvalue weighted by Crippen LogP contribution is -2.66. The predicted molar refractivity (Wildman–Crippen MR) is 309 cm³/mol. The van der Waals surface area contributed by atoms with E-state index in [1.807, 2.05) is 12.2 Å². The van der Waals surface area contributed by atoms with Gasteiger partial charge in [0.25, 0.3) is 0 Å². The molecule has 12 N–H and O–H groups in total. The monoisotopic (exact) mass is 1150 g/mol. The van der Waals surface area contributed by atoms with Crippen molar-refractivity contribution in [3.8, 4) is 0 Å². The smallest absolute Gasteiger partial charge is 0.220 e. The highest BCUT2D eigenvalue weighted by atomic mass is 16.8. The van der Waals surface area contributed by atoms with Crippen LogP contribution in [0.4, 0.5) is 0 Å². The Balaban J connectivity index is 1.56. The molecule has 19 nitrogen and oxygen atoms in total. The van der Waals surface area contributed by atoms with Crippen molar-refractivity contribution in [1.82, 2.24) is 5.32 Å². The first-order valence-corrected chi connectivity index (χ1v) is 29.6. The van der Waals surface area contributed by atoms with E-state index < -0.39 is 131 Å². The van der Waals surface area contributed by atoms with Crippen molar-refractivity contribution in [1.29, 1.82) is 0 Å². The Morgan fingerprint density at radius 3 is 1.37 bits per heavy atom. The Labute approximate surface area is 481 Å². The minimum absolute atomic E-state index is 0.0998. The van der Waals surface area contributed by atoms with Crippen molar-refractivity contribution in [2.45, 2.75) is 247 Å². The van der Waals surface area contributed by atoms with Gasteiger partial charge in [0.2, 0.25) is 5.91 Å². The minimum atomic E-state index is -1.99. The van der Waals surface area contributed by atoms with Crippen LogP contribution in [0, 0.1) is 0 Å². The summed E-state index contributed by atoms with van der Waals surface area (Å²) in [4.78, 5) is 13.3. The Morgan fingerprint density at radius 2 is 0.864 bits per heavy atom. The molecule has 3 aliphatic rings. The summed E-state index contributed by atoms with van der Waals surface area (Å²) in [5.41, 5.74) is 0. The molecule has 81 heavy (non-hydrogen) atoms. The van der Waals surface area contributed by atoms with Gasteiger partial charge in [-0.15, -0.1) is 0 Å². The van der Waals surface area contributed by atoms with E-state index in [4.69, 9.17) is 28.4 Å². The second kappa shape index (κ2) is 44.0. The fourth-order valence-electron chi connectivity index (χ4n) is 9.18. The maximum atomic E-state index is 13.3. The number of rotatable bonds is 41. The number of amides is 1. The van der Waals surface area contributed by atoms with Crippen LogP contribution < -0.4 is 5.32 Å². The molecular weight excluding hydrogens is 1050 g/mol. The summed E-state index contributed by atoms with van der Waals surface area (Å²) in [5, 5.41) is 120. The van der Waals surface area contributed by atoms with Crippen molar-refractivity contribution < 1.29 is 89.4 Å². The third kappa shape index (κ3) is 27.8. The summed E-state index contributed by atoms with van der Waals surface area (Å²) in [6.45, 7) is 1.48. The molecular formula is C62H101NO18. The van der Waals surface area contributed by atoms with Gasteiger partial charge >= 0.3 is 0 Å². The average molecular weight is 1150 g/mol. The maximum absolute atomic E-state index is 13.3. The summed E-state index contributed by atoms with van der Waals surface area (Å²) in [5.74, 6) is -0.378. The molecule has 0 aromatic carbocycles. The van der Waals surface area contributed by atoms with E-state index in [2.05, 4.69) is 104 Å². The third-order valence-corrected chi connectivity index (χ3v) is 14.0. The van der Waals surface area contributed by atoms with E-state index in [0.29, 0.717) is 19.3 Å². The van der Waals surface area contributed by atoms with E-state index in [-0.39, 0.29) is 12.3 Å². The van der Waals surface area contributed by atoms with E-state index in [0.717, 1.165) is 57.8 Å². The molecule has 0 bridgehead atoms. The summed E-state index contributed by atoms with van der Waals surface area (Å²) in [6, 6.07) is -1.04. The third-order valence-electron chi connectivity index (χ3n) is 14.0. The highest BCUT2D eigenvalue weighted by Crippen LogP contribution is 2.33. The number of aliphatic hydroxyl groups is 11. The lowest BCUT2D eigenvalue weighted by Gasteiger charge is -2.48. The van der Waals surface area contributed by atoms with Gasteiger partial charge in [0.05, 0.1) is 38.6 Å². The number of carbonyl (C=O) groups is 1. The molecule has 0 aromatic rings. The van der Waals surface area contributed by atoms with Crippen LogP contribution in [0.3, 0.4) is 0 Å². The van der Waals surface area contributed by atoms with E-state index >= 15 is 0 Å². The number of ether oxygens (including phenoxy) is 6. The van der Waals surface area contributed by atoms with Crippen molar-refractivity contribution in [2.24, 2.45) is 0 Å². The van der Waals surface area contributed by atoms with Gasteiger partial charge in [-0.1, -0.05) is 162 Å². The molecule has 0 radical (unpaired) electrons. The summed E-state index contributed by atoms with van der Waals surface area (Å²) >= 11 is 0. The SMILES string of the molecule is CC/C=C\C/C=C\C/C=C\C/C=C\C/C=C\C/C=C\CCC(=O)NC(COC1OC(CO)C(OC2OC(CO)C(OC3OC(CO)C(O)C(O)C3O)C(O)C2O)C(O)C1O)C(O)/C=C/CC/C=C/CC/C=C/CCCCCCCCC. The molecule has 0 aliphatic carbocycles. The standard InChI is InChI=1S/C62H101NO18/c1-3-5-7-9-11-13-15-17-19-21-22-24-26-28-30-32-34-36-38-40-50(68)63-45(46(67)39-37-35-33-31-29-27-25-23-20-18-16-14-12-10-8-6-4-2)44-76-60-56(74)53(71)58(48(42-65)78-60)81-62-57(75)54(72)59(49(43-66)79-62)80-61-55(73)52(70)51(69)47(41-64)77-61/h5,7,11,13,17,19-20,22-24,28-31,34,36-37,39,45-49,51-62,64-67,69-75H,3-4,6,8-10,12,14-16,18,21,25-27,32-33,35,38,40-44H2,1-2H3,(H,63,68)/b7-5-,13-11-,19-17-,23-20+,24-22-,30-28-,31-29+,36-34-,39-37+. The molecule has 1 amide bonds. The molecule has 3 rings (SSSR count). The van der Waals surface area contributed by atoms with Gasteiger partial charge in [0.15, 0.2) is 18.9 Å². The van der Waals surface area contributed by atoms with Gasteiger partial charge in [-0.05, 0) is 83.5 Å². The number of aliphatic hydroxyl groups excluding tert-OH is 11. The number of allylic oxidation sites excluding steroid dienone is 17. The molecule has 3 heterocycles. The van der Waals surface area contributed by atoms with Crippen molar-refractivity contribution in [3.63, 3.8) is 0 Å². The highest BCUT2D eigenvalue weighted by Gasteiger charge is 2.53. The maximum Gasteiger partial charge on any atom is 0.220 e. The van der Waals surface area contributed by atoms with Crippen LogP contribution in [-0.2, 0) is 33.2 Å². The molecule has 0 spiro atoms. The highest BCUT2D eigenvalue weighted by molar-refractivity contribution is 5.76. The molecule has 19 heteroatoms. The number of nitrogens with one attached hydrogen (secondary N) is 1. The lowest BCUT2D eigenvalue weighted by atomic mass is 9.96. The normalized spacial score (nSPS) is 30.6. The second-order valence-electron chi connectivity index (χ2n) is 20.7. The Kier molecular flexibility index (Phi) is 39.0. The second-order valence-corrected chi connectivity index (χ2v) is 20.7. The average Bonchev–Trinajstić information content (AvgIpc) is 3.51. The zero-order valence-electron chi connectivity index (χ0n) is 48.0. The van der Waals surface area contributed by atoms with Crippen LogP contribution in [0.2, 0.25) is 0 Å². The largest absolute Gasteiger partial charge is 0.394 e. The topological polar surface area (TPSA) is 307 Å². The fourth-order valence-corrected chi connectivity index (χ4v) is 9.18. The van der Waals surface area contributed by atoms with E-state index in [1.54, 1.807) is 12.2 Å². The molecule has 462 valence electrons. The molecule has 17 atom stereocenters. The van der Waals surface area contributed by atoms with E-state index in [9.17, 15) is 61.0 Å². The fraction of sp³-hybridized carbons (Fsp3) is 0.694. The Morgan fingerprint density at radius 1 is 0.457 bits per heavy atom. The first-order chi connectivity index (χ1) is 39.3. The summed E-state index contributed by atoms with van der Waals surface area (Å²) < 4.78 is 34.1.